The molecule has 3 heterocycles. The quantitative estimate of drug-likeness (QED) is 0.590. The molecule has 5 rings (SSSR count). The van der Waals surface area contributed by atoms with Crippen molar-refractivity contribution in [1.82, 2.24) is 0 Å². The van der Waals surface area contributed by atoms with E-state index < -0.39 is 11.6 Å². The highest BCUT2D eigenvalue weighted by atomic mass is 16.6. The first-order valence-electron chi connectivity index (χ1n) is 8.71. The minimum Gasteiger partial charge on any atom is -0.478 e. The molecule has 2 saturated carbocycles. The molecule has 5 heteroatoms. The Morgan fingerprint density at radius 1 is 1.38 bits per heavy atom. The molecule has 1 N–H and O–H groups in total. The van der Waals surface area contributed by atoms with Gasteiger partial charge in [-0.25, -0.2) is 9.59 Å². The molecule has 0 aromatic rings. The summed E-state index contributed by atoms with van der Waals surface area (Å²) in [6.45, 7) is 6.78. The van der Waals surface area contributed by atoms with Crippen LogP contribution in [-0.4, -0.2) is 35.4 Å². The molecular weight excluding hydrogens is 308 g/mol. The summed E-state index contributed by atoms with van der Waals surface area (Å²) >= 11 is 0. The van der Waals surface area contributed by atoms with E-state index in [4.69, 9.17) is 9.47 Å². The number of fused-ring (bicyclic) bond motifs is 1. The van der Waals surface area contributed by atoms with E-state index in [-0.39, 0.29) is 22.9 Å². The minimum atomic E-state index is -1.03. The summed E-state index contributed by atoms with van der Waals surface area (Å²) < 4.78 is 11.9. The Kier molecular flexibility index (Phi) is 3.12. The Balaban J connectivity index is 1.92. The minimum absolute atomic E-state index is 0.126. The summed E-state index contributed by atoms with van der Waals surface area (Å²) in [6, 6.07) is 0. The second-order valence-corrected chi connectivity index (χ2v) is 8.49. The first kappa shape index (κ1) is 15.9. The lowest BCUT2D eigenvalue weighted by Crippen LogP contribution is -2.67. The van der Waals surface area contributed by atoms with Crippen molar-refractivity contribution in [3.05, 3.63) is 23.3 Å². The van der Waals surface area contributed by atoms with Gasteiger partial charge in [0.05, 0.1) is 6.61 Å². The normalized spacial score (nSPS) is 44.4. The van der Waals surface area contributed by atoms with Crippen molar-refractivity contribution in [1.29, 1.82) is 0 Å². The molecule has 0 unspecified atom stereocenters. The highest BCUT2D eigenvalue weighted by Crippen LogP contribution is 2.67. The molecule has 0 radical (unpaired) electrons. The monoisotopic (exact) mass is 332 g/mol. The van der Waals surface area contributed by atoms with E-state index in [9.17, 15) is 14.7 Å². The zero-order valence-corrected chi connectivity index (χ0v) is 14.4. The molecule has 5 nitrogen and oxygen atoms in total. The van der Waals surface area contributed by atoms with E-state index in [0.717, 1.165) is 31.3 Å². The third-order valence-electron chi connectivity index (χ3n) is 6.76. The molecule has 2 spiro atoms. The van der Waals surface area contributed by atoms with E-state index in [0.29, 0.717) is 18.1 Å². The first-order chi connectivity index (χ1) is 11.2. The number of aliphatic carboxylic acids is 1. The SMILES string of the molecule is CC1=C[C@]2(OC1=O)/C(=C\C(=O)O)[C@@]13CCCC(C)(C)[C@@H]1C[C@@H]2OC3. The molecule has 24 heavy (non-hydrogen) atoms. The molecule has 5 aliphatic rings. The first-order valence-corrected chi connectivity index (χ1v) is 8.71. The van der Waals surface area contributed by atoms with E-state index in [2.05, 4.69) is 13.8 Å². The Bertz CT molecular complexity index is 684. The number of hydrogen-bond acceptors (Lipinski definition) is 4. The van der Waals surface area contributed by atoms with Gasteiger partial charge in [0.2, 0.25) is 0 Å². The van der Waals surface area contributed by atoms with Gasteiger partial charge in [0.1, 0.15) is 6.10 Å². The van der Waals surface area contributed by atoms with Gasteiger partial charge < -0.3 is 14.6 Å². The van der Waals surface area contributed by atoms with Gasteiger partial charge in [0.25, 0.3) is 0 Å². The van der Waals surface area contributed by atoms with Crippen LogP contribution in [0.5, 0.6) is 0 Å². The largest absolute Gasteiger partial charge is 0.478 e. The number of carbonyl (C=O) groups excluding carboxylic acids is 1. The average molecular weight is 332 g/mol. The van der Waals surface area contributed by atoms with Crippen LogP contribution < -0.4 is 0 Å². The summed E-state index contributed by atoms with van der Waals surface area (Å²) in [4.78, 5) is 23.7. The zero-order valence-electron chi connectivity index (χ0n) is 14.4. The topological polar surface area (TPSA) is 72.8 Å². The van der Waals surface area contributed by atoms with Gasteiger partial charge in [-0.15, -0.1) is 0 Å². The molecule has 2 aliphatic carbocycles. The van der Waals surface area contributed by atoms with Crippen LogP contribution in [0.3, 0.4) is 0 Å². The summed E-state index contributed by atoms with van der Waals surface area (Å²) in [5, 5.41) is 9.51. The van der Waals surface area contributed by atoms with Crippen molar-refractivity contribution in [2.75, 3.05) is 6.61 Å². The summed E-state index contributed by atoms with van der Waals surface area (Å²) in [6.07, 6.45) is 6.66. The molecule has 2 bridgehead atoms. The van der Waals surface area contributed by atoms with Gasteiger partial charge in [0.15, 0.2) is 5.60 Å². The van der Waals surface area contributed by atoms with Gasteiger partial charge in [-0.2, -0.15) is 0 Å². The van der Waals surface area contributed by atoms with Crippen LogP contribution in [0.25, 0.3) is 0 Å². The number of carbonyl (C=O) groups is 2. The van der Waals surface area contributed by atoms with E-state index in [1.165, 1.54) is 6.08 Å². The molecule has 4 fully saturated rings. The third-order valence-corrected chi connectivity index (χ3v) is 6.76. The second-order valence-electron chi connectivity index (χ2n) is 8.49. The lowest BCUT2D eigenvalue weighted by molar-refractivity contribution is -0.229. The number of carboxylic acid groups (broad SMARTS) is 1. The third kappa shape index (κ3) is 1.85. The molecule has 0 aromatic heterocycles. The Morgan fingerprint density at radius 3 is 2.75 bits per heavy atom. The summed E-state index contributed by atoms with van der Waals surface area (Å²) in [5.41, 5.74) is 0.0252. The Hall–Kier alpha value is -1.62. The van der Waals surface area contributed by atoms with Crippen molar-refractivity contribution in [2.45, 2.75) is 58.2 Å². The number of rotatable bonds is 1. The van der Waals surface area contributed by atoms with Crippen LogP contribution in [0.1, 0.15) is 46.5 Å². The average Bonchev–Trinajstić information content (AvgIpc) is 2.78. The second kappa shape index (κ2) is 4.72. The van der Waals surface area contributed by atoms with Gasteiger partial charge in [-0.1, -0.05) is 20.3 Å². The fraction of sp³-hybridized carbons (Fsp3) is 0.684. The highest BCUT2D eigenvalue weighted by molar-refractivity contribution is 5.92. The maximum absolute atomic E-state index is 12.1. The van der Waals surface area contributed by atoms with Crippen molar-refractivity contribution in [3.8, 4) is 0 Å². The number of hydrogen-bond donors (Lipinski definition) is 1. The predicted octanol–water partition coefficient (Wildman–Crippen LogP) is 2.85. The Morgan fingerprint density at radius 2 is 2.12 bits per heavy atom. The molecule has 0 aromatic carbocycles. The maximum atomic E-state index is 12.1. The van der Waals surface area contributed by atoms with E-state index in [1.54, 1.807) is 13.0 Å². The van der Waals surface area contributed by atoms with Crippen LogP contribution in [0, 0.1) is 16.7 Å². The summed E-state index contributed by atoms with van der Waals surface area (Å²) in [7, 11) is 0. The molecule has 2 saturated heterocycles. The van der Waals surface area contributed by atoms with Crippen LogP contribution in [-0.2, 0) is 19.1 Å². The van der Waals surface area contributed by atoms with Crippen molar-refractivity contribution in [3.63, 3.8) is 0 Å². The van der Waals surface area contributed by atoms with Gasteiger partial charge in [-0.05, 0) is 49.2 Å². The van der Waals surface area contributed by atoms with Crippen molar-refractivity contribution >= 4 is 11.9 Å². The number of carboxylic acids is 1. The molecule has 130 valence electrons. The Labute approximate surface area is 141 Å². The fourth-order valence-electron chi connectivity index (χ4n) is 5.78. The van der Waals surface area contributed by atoms with Crippen LogP contribution in [0.2, 0.25) is 0 Å². The van der Waals surface area contributed by atoms with Gasteiger partial charge in [0, 0.05) is 17.1 Å². The number of esters is 1. The van der Waals surface area contributed by atoms with Crippen LogP contribution in [0.15, 0.2) is 23.3 Å². The number of ether oxygens (including phenoxy) is 2. The van der Waals surface area contributed by atoms with Gasteiger partial charge in [-0.3, -0.25) is 0 Å². The van der Waals surface area contributed by atoms with Crippen molar-refractivity contribution in [2.24, 2.45) is 16.7 Å². The van der Waals surface area contributed by atoms with Gasteiger partial charge >= 0.3 is 11.9 Å². The molecule has 4 atom stereocenters. The standard InChI is InChI=1S/C19H24O5/c1-11-9-19(24-16(11)22)13(8-15(20)21)18-6-4-5-17(2,3)12(18)7-14(19)23-10-18/h8-9,12,14H,4-7,10H2,1-3H3,(H,20,21)/b13-8-/t12-,14-,18+,19-/m0/s1. The smallest absolute Gasteiger partial charge is 0.334 e. The highest BCUT2D eigenvalue weighted by Gasteiger charge is 2.68. The lowest BCUT2D eigenvalue weighted by atomic mass is 9.45. The summed E-state index contributed by atoms with van der Waals surface area (Å²) in [5.74, 6) is -1.00. The zero-order chi connectivity index (χ0) is 17.3. The predicted molar refractivity (Wildman–Crippen MR) is 86.2 cm³/mol. The fourth-order valence-corrected chi connectivity index (χ4v) is 5.78. The molecular formula is C19H24O5. The van der Waals surface area contributed by atoms with E-state index >= 15 is 0 Å². The molecule has 0 amide bonds. The van der Waals surface area contributed by atoms with Crippen LogP contribution >= 0.6 is 0 Å². The lowest BCUT2D eigenvalue weighted by Gasteiger charge is -2.65. The molecule has 3 aliphatic heterocycles. The maximum Gasteiger partial charge on any atom is 0.334 e. The van der Waals surface area contributed by atoms with Crippen molar-refractivity contribution < 1.29 is 24.2 Å². The van der Waals surface area contributed by atoms with E-state index in [1.807, 2.05) is 0 Å². The van der Waals surface area contributed by atoms with Crippen LogP contribution in [0.4, 0.5) is 0 Å².